The Balaban J connectivity index is 2.97. The second-order valence-corrected chi connectivity index (χ2v) is 9.99. The molecule has 0 atom stereocenters. The van der Waals surface area contributed by atoms with Gasteiger partial charge in [0.15, 0.2) is 0 Å². The summed E-state index contributed by atoms with van der Waals surface area (Å²) in [7, 11) is 0. The molecule has 0 aromatic heterocycles. The normalized spacial score (nSPS) is 13.1. The molecule has 0 radical (unpaired) electrons. The van der Waals surface area contributed by atoms with Crippen LogP contribution in [0.25, 0.3) is 0 Å². The lowest BCUT2D eigenvalue weighted by Gasteiger charge is -2.29. The maximum atomic E-state index is 10.5. The highest BCUT2D eigenvalue weighted by Gasteiger charge is 2.25. The SMILES string of the molecule is CC(C)CC(C)(C)Cc1cc(O)c(CC(C)(C)CC(C)C)cc1O. The van der Waals surface area contributed by atoms with E-state index in [2.05, 4.69) is 55.4 Å². The third kappa shape index (κ3) is 6.75. The molecule has 138 valence electrons. The second-order valence-electron chi connectivity index (χ2n) is 9.99. The van der Waals surface area contributed by atoms with Gasteiger partial charge in [-0.15, -0.1) is 0 Å². The lowest BCUT2D eigenvalue weighted by Crippen LogP contribution is -2.19. The number of hydrogen-bond acceptors (Lipinski definition) is 2. The van der Waals surface area contributed by atoms with E-state index in [-0.39, 0.29) is 10.8 Å². The monoisotopic (exact) mass is 334 g/mol. The minimum absolute atomic E-state index is 0.108. The summed E-state index contributed by atoms with van der Waals surface area (Å²) in [5.74, 6) is 1.87. The standard InChI is InChI=1S/C22H38O2/c1-15(2)11-21(5,6)13-17-9-20(24)18(10-19(17)23)14-22(7,8)12-16(3)4/h9-10,15-16,23-24H,11-14H2,1-8H3. The van der Waals surface area contributed by atoms with Crippen molar-refractivity contribution in [2.24, 2.45) is 22.7 Å². The summed E-state index contributed by atoms with van der Waals surface area (Å²) in [5, 5.41) is 21.0. The van der Waals surface area contributed by atoms with Gasteiger partial charge in [-0.25, -0.2) is 0 Å². The van der Waals surface area contributed by atoms with E-state index in [1.807, 2.05) is 0 Å². The number of phenolic OH excluding ortho intramolecular Hbond substituents is 2. The Bertz CT molecular complexity index is 489. The number of aromatic hydroxyl groups is 2. The molecular weight excluding hydrogens is 296 g/mol. The van der Waals surface area contributed by atoms with Gasteiger partial charge in [-0.1, -0.05) is 55.4 Å². The highest BCUT2D eigenvalue weighted by Crippen LogP contribution is 2.38. The summed E-state index contributed by atoms with van der Waals surface area (Å²) in [4.78, 5) is 0. The molecule has 2 nitrogen and oxygen atoms in total. The van der Waals surface area contributed by atoms with Gasteiger partial charge in [0.1, 0.15) is 11.5 Å². The van der Waals surface area contributed by atoms with Gasteiger partial charge in [0.2, 0.25) is 0 Å². The van der Waals surface area contributed by atoms with Crippen LogP contribution < -0.4 is 0 Å². The van der Waals surface area contributed by atoms with Crippen LogP contribution in [0.4, 0.5) is 0 Å². The molecule has 0 heterocycles. The molecule has 1 aromatic rings. The highest BCUT2D eigenvalue weighted by molar-refractivity contribution is 5.46. The molecule has 2 heteroatoms. The molecule has 0 aliphatic rings. The van der Waals surface area contributed by atoms with Crippen molar-refractivity contribution in [2.75, 3.05) is 0 Å². The first-order chi connectivity index (χ1) is 10.8. The Morgan fingerprint density at radius 3 is 1.25 bits per heavy atom. The third-order valence-corrected chi connectivity index (χ3v) is 4.54. The first kappa shape index (κ1) is 20.9. The topological polar surface area (TPSA) is 40.5 Å². The number of phenols is 2. The minimum atomic E-state index is 0.108. The number of benzene rings is 1. The van der Waals surface area contributed by atoms with E-state index in [4.69, 9.17) is 0 Å². The fourth-order valence-electron chi connectivity index (χ4n) is 4.33. The Morgan fingerprint density at radius 1 is 0.708 bits per heavy atom. The molecular formula is C22H38O2. The zero-order valence-corrected chi connectivity index (χ0v) is 17.0. The van der Waals surface area contributed by atoms with Crippen LogP contribution in [0.1, 0.15) is 79.4 Å². The maximum absolute atomic E-state index is 10.5. The zero-order valence-electron chi connectivity index (χ0n) is 17.0. The summed E-state index contributed by atoms with van der Waals surface area (Å²) in [6.07, 6.45) is 3.74. The van der Waals surface area contributed by atoms with Crippen LogP contribution in [-0.2, 0) is 12.8 Å². The van der Waals surface area contributed by atoms with Crippen molar-refractivity contribution < 1.29 is 10.2 Å². The molecule has 2 N–H and O–H groups in total. The van der Waals surface area contributed by atoms with Crippen LogP contribution in [-0.4, -0.2) is 10.2 Å². The van der Waals surface area contributed by atoms with Gasteiger partial charge in [-0.3, -0.25) is 0 Å². The summed E-state index contributed by atoms with van der Waals surface area (Å²) in [6.45, 7) is 17.8. The molecule has 1 rings (SSSR count). The average Bonchev–Trinajstić information content (AvgIpc) is 2.31. The van der Waals surface area contributed by atoms with Gasteiger partial charge in [0.25, 0.3) is 0 Å². The Hall–Kier alpha value is -1.18. The van der Waals surface area contributed by atoms with Crippen LogP contribution in [0, 0.1) is 22.7 Å². The molecule has 0 fully saturated rings. The lowest BCUT2D eigenvalue weighted by atomic mass is 9.77. The molecule has 0 bridgehead atoms. The van der Waals surface area contributed by atoms with E-state index in [0.29, 0.717) is 23.3 Å². The molecule has 1 aromatic carbocycles. The molecule has 24 heavy (non-hydrogen) atoms. The first-order valence-electron chi connectivity index (χ1n) is 9.35. The van der Waals surface area contributed by atoms with Crippen molar-refractivity contribution in [1.82, 2.24) is 0 Å². The molecule has 0 spiro atoms. The van der Waals surface area contributed by atoms with Gasteiger partial charge in [-0.05, 0) is 71.6 Å². The molecule has 0 saturated heterocycles. The smallest absolute Gasteiger partial charge is 0.119 e. The van der Waals surface area contributed by atoms with Crippen LogP contribution in [0.5, 0.6) is 11.5 Å². The maximum Gasteiger partial charge on any atom is 0.119 e. The average molecular weight is 335 g/mol. The molecule has 0 saturated carbocycles. The summed E-state index contributed by atoms with van der Waals surface area (Å²) < 4.78 is 0. The lowest BCUT2D eigenvalue weighted by molar-refractivity contribution is 0.277. The number of hydrogen-bond donors (Lipinski definition) is 2. The van der Waals surface area contributed by atoms with Crippen molar-refractivity contribution in [2.45, 2.75) is 81.1 Å². The highest BCUT2D eigenvalue weighted by atomic mass is 16.3. The Labute approximate surface area is 149 Å². The third-order valence-electron chi connectivity index (χ3n) is 4.54. The van der Waals surface area contributed by atoms with Crippen molar-refractivity contribution >= 4 is 0 Å². The largest absolute Gasteiger partial charge is 0.508 e. The van der Waals surface area contributed by atoms with Crippen LogP contribution >= 0.6 is 0 Å². The summed E-state index contributed by atoms with van der Waals surface area (Å²) in [5.41, 5.74) is 1.92. The van der Waals surface area contributed by atoms with Crippen LogP contribution in [0.3, 0.4) is 0 Å². The predicted molar refractivity (Wildman–Crippen MR) is 104 cm³/mol. The van der Waals surface area contributed by atoms with E-state index in [0.717, 1.165) is 36.8 Å². The summed E-state index contributed by atoms with van der Waals surface area (Å²) >= 11 is 0. The molecule has 0 aliphatic heterocycles. The van der Waals surface area contributed by atoms with Crippen molar-refractivity contribution in [3.63, 3.8) is 0 Å². The Morgan fingerprint density at radius 2 is 1.00 bits per heavy atom. The van der Waals surface area contributed by atoms with E-state index in [9.17, 15) is 10.2 Å². The van der Waals surface area contributed by atoms with Gasteiger partial charge in [-0.2, -0.15) is 0 Å². The summed E-state index contributed by atoms with van der Waals surface area (Å²) in [6, 6.07) is 3.55. The molecule has 0 amide bonds. The van der Waals surface area contributed by atoms with Gasteiger partial charge in [0, 0.05) is 0 Å². The van der Waals surface area contributed by atoms with E-state index >= 15 is 0 Å². The zero-order chi connectivity index (χ0) is 18.7. The quantitative estimate of drug-likeness (QED) is 0.545. The fraction of sp³-hybridized carbons (Fsp3) is 0.727. The van der Waals surface area contributed by atoms with Gasteiger partial charge < -0.3 is 10.2 Å². The molecule has 0 unspecified atom stereocenters. The van der Waals surface area contributed by atoms with Crippen molar-refractivity contribution in [3.8, 4) is 11.5 Å². The van der Waals surface area contributed by atoms with E-state index in [1.54, 1.807) is 12.1 Å². The van der Waals surface area contributed by atoms with Gasteiger partial charge >= 0.3 is 0 Å². The van der Waals surface area contributed by atoms with Crippen LogP contribution in [0.2, 0.25) is 0 Å². The minimum Gasteiger partial charge on any atom is -0.508 e. The second kappa shape index (κ2) is 7.80. The van der Waals surface area contributed by atoms with Gasteiger partial charge in [0.05, 0.1) is 0 Å². The van der Waals surface area contributed by atoms with Crippen LogP contribution in [0.15, 0.2) is 12.1 Å². The molecule has 0 aliphatic carbocycles. The predicted octanol–water partition coefficient (Wildman–Crippen LogP) is 6.33. The first-order valence-corrected chi connectivity index (χ1v) is 9.35. The number of rotatable bonds is 8. The van der Waals surface area contributed by atoms with Crippen molar-refractivity contribution in [1.29, 1.82) is 0 Å². The van der Waals surface area contributed by atoms with E-state index in [1.165, 1.54) is 0 Å². The Kier molecular flexibility index (Phi) is 6.78. The van der Waals surface area contributed by atoms with E-state index < -0.39 is 0 Å². The fourth-order valence-corrected chi connectivity index (χ4v) is 4.33. The van der Waals surface area contributed by atoms with Crippen molar-refractivity contribution in [3.05, 3.63) is 23.3 Å².